The van der Waals surface area contributed by atoms with Crippen LogP contribution in [-0.2, 0) is 0 Å². The van der Waals surface area contributed by atoms with Crippen LogP contribution in [-0.4, -0.2) is 11.0 Å². The van der Waals surface area contributed by atoms with Gasteiger partial charge in [-0.15, -0.1) is 0 Å². The third-order valence-electron chi connectivity index (χ3n) is 2.22. The molecule has 1 amide bonds. The van der Waals surface area contributed by atoms with Crippen molar-refractivity contribution in [2.24, 2.45) is 0 Å². The lowest BCUT2D eigenvalue weighted by molar-refractivity contribution is -0.360. The number of aromatic amines is 1. The van der Waals surface area contributed by atoms with E-state index in [-0.39, 0.29) is 11.0 Å². The van der Waals surface area contributed by atoms with Gasteiger partial charge in [-0.25, -0.2) is 10.3 Å². The van der Waals surface area contributed by atoms with E-state index in [4.69, 9.17) is 12.2 Å². The van der Waals surface area contributed by atoms with Crippen LogP contribution in [0.4, 0.5) is 5.82 Å². The molecule has 90 valence electrons. The van der Waals surface area contributed by atoms with Gasteiger partial charge in [0.05, 0.1) is 6.20 Å². The SMILES string of the molecule is O=C(NC(=S)Nc1cccc[nH+]1)c1ccccc1. The van der Waals surface area contributed by atoms with Crippen LogP contribution in [0.15, 0.2) is 54.7 Å². The van der Waals surface area contributed by atoms with Gasteiger partial charge in [0, 0.05) is 11.6 Å². The van der Waals surface area contributed by atoms with Crippen molar-refractivity contribution in [3.05, 3.63) is 60.3 Å². The average molecular weight is 258 g/mol. The van der Waals surface area contributed by atoms with Gasteiger partial charge in [-0.05, 0) is 30.4 Å². The average Bonchev–Trinajstić information content (AvgIpc) is 2.40. The maximum Gasteiger partial charge on any atom is 0.279 e. The van der Waals surface area contributed by atoms with Crippen molar-refractivity contribution in [3.63, 3.8) is 0 Å². The Morgan fingerprint density at radius 1 is 1.06 bits per heavy atom. The Bertz CT molecular complexity index is 543. The molecule has 2 rings (SSSR count). The molecule has 0 aliphatic rings. The van der Waals surface area contributed by atoms with Crippen LogP contribution in [0.3, 0.4) is 0 Å². The standard InChI is InChI=1S/C13H11N3OS/c17-12(10-6-2-1-3-7-10)16-13(18)15-11-8-4-5-9-14-11/h1-9H,(H2,14,15,16,17,18)/p+1. The Labute approximate surface area is 110 Å². The number of anilines is 1. The Hall–Kier alpha value is -2.27. The van der Waals surface area contributed by atoms with E-state index in [1.165, 1.54) is 0 Å². The highest BCUT2D eigenvalue weighted by Crippen LogP contribution is 1.99. The van der Waals surface area contributed by atoms with E-state index in [2.05, 4.69) is 15.6 Å². The van der Waals surface area contributed by atoms with Crippen LogP contribution in [0.1, 0.15) is 10.4 Å². The summed E-state index contributed by atoms with van der Waals surface area (Å²) in [6, 6.07) is 14.5. The number of carbonyl (C=O) groups is 1. The number of H-pyrrole nitrogens is 1. The summed E-state index contributed by atoms with van der Waals surface area (Å²) in [5, 5.41) is 5.75. The highest BCUT2D eigenvalue weighted by molar-refractivity contribution is 7.80. The van der Waals surface area contributed by atoms with Crippen molar-refractivity contribution in [3.8, 4) is 0 Å². The largest absolute Gasteiger partial charge is 0.279 e. The molecule has 4 nitrogen and oxygen atoms in total. The zero-order valence-electron chi connectivity index (χ0n) is 9.51. The van der Waals surface area contributed by atoms with E-state index in [1.54, 1.807) is 30.5 Å². The number of aromatic nitrogens is 1. The van der Waals surface area contributed by atoms with E-state index in [1.807, 2.05) is 24.3 Å². The highest BCUT2D eigenvalue weighted by atomic mass is 32.1. The lowest BCUT2D eigenvalue weighted by atomic mass is 10.2. The summed E-state index contributed by atoms with van der Waals surface area (Å²) in [5.74, 6) is 0.486. The summed E-state index contributed by atoms with van der Waals surface area (Å²) in [6.45, 7) is 0. The quantitative estimate of drug-likeness (QED) is 0.805. The Morgan fingerprint density at radius 3 is 2.44 bits per heavy atom. The molecule has 0 saturated heterocycles. The van der Waals surface area contributed by atoms with Crippen LogP contribution in [0.25, 0.3) is 0 Å². The fourth-order valence-corrected chi connectivity index (χ4v) is 1.59. The molecule has 0 radical (unpaired) electrons. The first-order valence-electron chi connectivity index (χ1n) is 5.40. The second-order valence-electron chi connectivity index (χ2n) is 3.55. The second kappa shape index (κ2) is 5.88. The molecule has 3 N–H and O–H groups in total. The van der Waals surface area contributed by atoms with Crippen molar-refractivity contribution in [1.29, 1.82) is 0 Å². The van der Waals surface area contributed by atoms with E-state index >= 15 is 0 Å². The van der Waals surface area contributed by atoms with Crippen molar-refractivity contribution in [2.75, 3.05) is 5.32 Å². The molecule has 0 aliphatic heterocycles. The van der Waals surface area contributed by atoms with Crippen LogP contribution >= 0.6 is 12.2 Å². The summed E-state index contributed by atoms with van der Waals surface area (Å²) >= 11 is 5.05. The van der Waals surface area contributed by atoms with Crippen LogP contribution in [0.5, 0.6) is 0 Å². The normalized spacial score (nSPS) is 9.56. The maximum atomic E-state index is 11.8. The second-order valence-corrected chi connectivity index (χ2v) is 3.96. The summed E-state index contributed by atoms with van der Waals surface area (Å²) in [4.78, 5) is 14.8. The molecular formula is C13H12N3OS+. The Kier molecular flexibility index (Phi) is 3.98. The molecule has 0 fully saturated rings. The Morgan fingerprint density at radius 2 is 1.78 bits per heavy atom. The third kappa shape index (κ3) is 3.36. The van der Waals surface area contributed by atoms with Crippen LogP contribution in [0.2, 0.25) is 0 Å². The number of carbonyl (C=O) groups excluding carboxylic acids is 1. The van der Waals surface area contributed by atoms with Gasteiger partial charge in [0.25, 0.3) is 16.8 Å². The molecule has 0 saturated carbocycles. The number of nitrogens with one attached hydrogen (secondary N) is 3. The van der Waals surface area contributed by atoms with Gasteiger partial charge in [-0.1, -0.05) is 24.3 Å². The first kappa shape index (κ1) is 12.2. The minimum atomic E-state index is -0.232. The molecule has 1 aromatic heterocycles. The monoisotopic (exact) mass is 258 g/mol. The van der Waals surface area contributed by atoms with Crippen molar-refractivity contribution >= 4 is 29.1 Å². The smallest absolute Gasteiger partial charge is 0.279 e. The summed E-state index contributed by atoms with van der Waals surface area (Å²) in [6.07, 6.45) is 1.77. The topological polar surface area (TPSA) is 55.3 Å². The Balaban J connectivity index is 1.94. The number of rotatable bonds is 2. The first-order chi connectivity index (χ1) is 8.75. The van der Waals surface area contributed by atoms with Crippen LogP contribution in [0, 0.1) is 0 Å². The minimum Gasteiger partial charge on any atom is -0.279 e. The maximum absolute atomic E-state index is 11.8. The lowest BCUT2D eigenvalue weighted by Crippen LogP contribution is -2.35. The molecule has 1 heterocycles. The molecule has 0 atom stereocenters. The summed E-state index contributed by atoms with van der Waals surface area (Å²) in [5.41, 5.74) is 0.568. The van der Waals surface area contributed by atoms with Gasteiger partial charge < -0.3 is 0 Å². The summed E-state index contributed by atoms with van der Waals surface area (Å²) < 4.78 is 0. The van der Waals surface area contributed by atoms with Gasteiger partial charge in [0.15, 0.2) is 0 Å². The predicted molar refractivity (Wildman–Crippen MR) is 73.1 cm³/mol. The van der Waals surface area contributed by atoms with Crippen molar-refractivity contribution < 1.29 is 9.78 Å². The molecule has 0 bridgehead atoms. The lowest BCUT2D eigenvalue weighted by Gasteiger charge is -2.03. The minimum absolute atomic E-state index is 0.232. The number of hydrogen-bond donors (Lipinski definition) is 2. The number of benzene rings is 1. The summed E-state index contributed by atoms with van der Waals surface area (Å²) in [7, 11) is 0. The molecule has 18 heavy (non-hydrogen) atoms. The molecule has 5 heteroatoms. The van der Waals surface area contributed by atoms with Gasteiger partial charge in [-0.2, -0.15) is 0 Å². The highest BCUT2D eigenvalue weighted by Gasteiger charge is 2.10. The third-order valence-corrected chi connectivity index (χ3v) is 2.42. The van der Waals surface area contributed by atoms with Gasteiger partial charge >= 0.3 is 0 Å². The predicted octanol–water partition coefficient (Wildman–Crippen LogP) is 1.63. The van der Waals surface area contributed by atoms with Crippen LogP contribution < -0.4 is 15.6 Å². The fraction of sp³-hybridized carbons (Fsp3) is 0. The number of pyridine rings is 1. The molecule has 0 unspecified atom stereocenters. The zero-order valence-corrected chi connectivity index (χ0v) is 10.3. The number of amides is 1. The van der Waals surface area contributed by atoms with Crippen molar-refractivity contribution in [2.45, 2.75) is 0 Å². The zero-order chi connectivity index (χ0) is 12.8. The molecule has 1 aromatic carbocycles. The van der Waals surface area contributed by atoms with Gasteiger partial charge in [0.2, 0.25) is 0 Å². The van der Waals surface area contributed by atoms with E-state index in [0.29, 0.717) is 5.56 Å². The first-order valence-corrected chi connectivity index (χ1v) is 5.80. The number of thiocarbonyl (C=S) groups is 1. The molecule has 2 aromatic rings. The molecular weight excluding hydrogens is 246 g/mol. The van der Waals surface area contributed by atoms with E-state index in [0.717, 1.165) is 5.82 Å². The van der Waals surface area contributed by atoms with E-state index in [9.17, 15) is 4.79 Å². The fourth-order valence-electron chi connectivity index (χ4n) is 1.39. The van der Waals surface area contributed by atoms with Crippen molar-refractivity contribution in [1.82, 2.24) is 5.32 Å². The van der Waals surface area contributed by atoms with Gasteiger partial charge in [-0.3, -0.25) is 10.1 Å². The number of hydrogen-bond acceptors (Lipinski definition) is 2. The van der Waals surface area contributed by atoms with Gasteiger partial charge in [0.1, 0.15) is 0 Å². The molecule has 0 aliphatic carbocycles. The van der Waals surface area contributed by atoms with E-state index < -0.39 is 0 Å². The molecule has 0 spiro atoms.